The van der Waals surface area contributed by atoms with Crippen molar-refractivity contribution in [3.63, 3.8) is 0 Å². The number of benzene rings is 3. The summed E-state index contributed by atoms with van der Waals surface area (Å²) < 4.78 is 6.37. The second kappa shape index (κ2) is 7.53. The van der Waals surface area contributed by atoms with E-state index in [1.807, 2.05) is 36.4 Å². The fraction of sp³-hybridized carbons (Fsp3) is 0. The molecule has 0 aliphatic carbocycles. The molecule has 5 aromatic rings. The number of para-hydroxylation sites is 1. The van der Waals surface area contributed by atoms with Crippen molar-refractivity contribution in [3.8, 4) is 28.5 Å². The van der Waals surface area contributed by atoms with Gasteiger partial charge in [-0.2, -0.15) is 5.26 Å². The topological polar surface area (TPSA) is 49.8 Å². The van der Waals surface area contributed by atoms with E-state index < -0.39 is 0 Å². The number of rotatable bonds is 2. The van der Waals surface area contributed by atoms with Crippen molar-refractivity contribution >= 4 is 88.5 Å². The van der Waals surface area contributed by atoms with Crippen LogP contribution in [-0.4, -0.2) is 44.2 Å². The molecular formula is C24H9B5N2O. The Labute approximate surface area is 191 Å². The number of nitriles is 1. The number of aromatic nitrogens is 1. The van der Waals surface area contributed by atoms with Gasteiger partial charge in [0.2, 0.25) is 0 Å². The van der Waals surface area contributed by atoms with Crippen molar-refractivity contribution in [2.24, 2.45) is 0 Å². The van der Waals surface area contributed by atoms with E-state index in [1.165, 1.54) is 0 Å². The van der Waals surface area contributed by atoms with Gasteiger partial charge in [-0.05, 0) is 35.9 Å². The van der Waals surface area contributed by atoms with Crippen LogP contribution in [0, 0.1) is 11.3 Å². The third-order valence-electron chi connectivity index (χ3n) is 5.64. The Hall–Kier alpha value is -3.58. The highest BCUT2D eigenvalue weighted by Gasteiger charge is 2.20. The van der Waals surface area contributed by atoms with Crippen molar-refractivity contribution in [2.75, 3.05) is 0 Å². The van der Waals surface area contributed by atoms with Crippen LogP contribution in [0.25, 0.3) is 44.3 Å². The van der Waals surface area contributed by atoms with E-state index in [0.29, 0.717) is 27.9 Å². The van der Waals surface area contributed by atoms with E-state index in [-0.39, 0.29) is 27.3 Å². The van der Waals surface area contributed by atoms with Crippen LogP contribution in [0.3, 0.4) is 0 Å². The molecule has 0 atom stereocenters. The van der Waals surface area contributed by atoms with Gasteiger partial charge in [-0.3, -0.25) is 4.98 Å². The molecule has 10 radical (unpaired) electrons. The molecule has 136 valence electrons. The average Bonchev–Trinajstić information content (AvgIpc) is 3.21. The number of fused-ring (bicyclic) bond motifs is 3. The molecule has 0 amide bonds. The fourth-order valence-electron chi connectivity index (χ4n) is 4.01. The van der Waals surface area contributed by atoms with Crippen LogP contribution in [0.15, 0.2) is 59.1 Å². The molecule has 0 aliphatic heterocycles. The highest BCUT2D eigenvalue weighted by molar-refractivity contribution is 6.68. The third-order valence-corrected chi connectivity index (χ3v) is 5.64. The van der Waals surface area contributed by atoms with Crippen molar-refractivity contribution in [1.29, 1.82) is 5.26 Å². The Morgan fingerprint density at radius 3 is 2.06 bits per heavy atom. The van der Waals surface area contributed by atoms with Gasteiger partial charge < -0.3 is 4.42 Å². The Balaban J connectivity index is 1.94. The lowest BCUT2D eigenvalue weighted by Crippen LogP contribution is -2.55. The predicted molar refractivity (Wildman–Crippen MR) is 134 cm³/mol. The molecule has 0 N–H and O–H groups in total. The van der Waals surface area contributed by atoms with Crippen molar-refractivity contribution in [2.45, 2.75) is 0 Å². The molecule has 0 bridgehead atoms. The Kier molecular flexibility index (Phi) is 4.79. The predicted octanol–water partition coefficient (Wildman–Crippen LogP) is 0.156. The first kappa shape index (κ1) is 20.3. The molecule has 0 fully saturated rings. The van der Waals surface area contributed by atoms with Gasteiger partial charge in [0.1, 0.15) is 50.4 Å². The first-order valence-electron chi connectivity index (χ1n) is 9.74. The molecule has 2 heterocycles. The van der Waals surface area contributed by atoms with Gasteiger partial charge in [0.15, 0.2) is 0 Å². The van der Waals surface area contributed by atoms with E-state index in [0.717, 1.165) is 22.0 Å². The van der Waals surface area contributed by atoms with Gasteiger partial charge in [-0.1, -0.05) is 29.1 Å². The van der Waals surface area contributed by atoms with Gasteiger partial charge in [0, 0.05) is 28.1 Å². The van der Waals surface area contributed by atoms with Crippen molar-refractivity contribution in [1.82, 2.24) is 4.98 Å². The zero-order chi connectivity index (χ0) is 22.6. The van der Waals surface area contributed by atoms with Gasteiger partial charge in [-0.15, -0.1) is 16.4 Å². The van der Waals surface area contributed by atoms with Crippen LogP contribution in [0.4, 0.5) is 0 Å². The van der Waals surface area contributed by atoms with E-state index in [4.69, 9.17) is 43.6 Å². The normalized spacial score (nSPS) is 11.1. The maximum atomic E-state index is 9.68. The minimum Gasteiger partial charge on any atom is -0.455 e. The highest BCUT2D eigenvalue weighted by atomic mass is 16.3. The zero-order valence-electron chi connectivity index (χ0n) is 16.9. The van der Waals surface area contributed by atoms with Crippen molar-refractivity contribution < 1.29 is 4.42 Å². The lowest BCUT2D eigenvalue weighted by Gasteiger charge is -2.21. The molecule has 8 heteroatoms. The summed E-state index contributed by atoms with van der Waals surface area (Å²) in [6, 6.07) is 17.0. The van der Waals surface area contributed by atoms with Crippen LogP contribution in [-0.2, 0) is 0 Å². The van der Waals surface area contributed by atoms with E-state index in [1.54, 1.807) is 18.3 Å². The molecular weight excluding hydrogens is 386 g/mol. The van der Waals surface area contributed by atoms with Gasteiger partial charge in [-0.25, -0.2) is 0 Å². The minimum atomic E-state index is 0.124. The standard InChI is InChI=1S/C24H9B5N2O/c25-18-17(19(26)21(28)22(29)20(18)27)15-9-11(10-30)8-14-12-4-3-5-13(23(12)32-24(14)15)16-6-1-2-7-31-16/h1-9H. The summed E-state index contributed by atoms with van der Waals surface area (Å²) in [4.78, 5) is 4.45. The van der Waals surface area contributed by atoms with Crippen LogP contribution < -0.4 is 27.3 Å². The summed E-state index contributed by atoms with van der Waals surface area (Å²) >= 11 is 0. The number of pyridine rings is 1. The molecule has 3 nitrogen and oxygen atoms in total. The smallest absolute Gasteiger partial charge is 0.144 e. The maximum Gasteiger partial charge on any atom is 0.144 e. The summed E-state index contributed by atoms with van der Waals surface area (Å²) in [7, 11) is 30.7. The highest BCUT2D eigenvalue weighted by Crippen LogP contribution is 2.39. The van der Waals surface area contributed by atoms with Gasteiger partial charge in [0.25, 0.3) is 0 Å². The number of nitrogens with zero attached hydrogens (tertiary/aromatic N) is 2. The molecule has 0 saturated carbocycles. The molecule has 3 aromatic carbocycles. The Morgan fingerprint density at radius 2 is 1.41 bits per heavy atom. The zero-order valence-corrected chi connectivity index (χ0v) is 16.9. The van der Waals surface area contributed by atoms with Gasteiger partial charge in [0.05, 0.1) is 17.3 Å². The maximum absolute atomic E-state index is 9.68. The first-order chi connectivity index (χ1) is 15.4. The summed E-state index contributed by atoms with van der Waals surface area (Å²) in [6.45, 7) is 0. The average molecular weight is 395 g/mol. The Bertz CT molecular complexity index is 1560. The van der Waals surface area contributed by atoms with Crippen LogP contribution in [0.2, 0.25) is 0 Å². The monoisotopic (exact) mass is 396 g/mol. The molecule has 0 unspecified atom stereocenters. The van der Waals surface area contributed by atoms with Crippen LogP contribution in [0.5, 0.6) is 0 Å². The minimum absolute atomic E-state index is 0.124. The summed E-state index contributed by atoms with van der Waals surface area (Å²) in [5.41, 5.74) is 4.76. The molecule has 32 heavy (non-hydrogen) atoms. The van der Waals surface area contributed by atoms with Gasteiger partial charge >= 0.3 is 0 Å². The second-order valence-corrected chi connectivity index (χ2v) is 7.45. The summed E-state index contributed by atoms with van der Waals surface area (Å²) in [6.07, 6.45) is 1.72. The lowest BCUT2D eigenvalue weighted by atomic mass is 9.59. The number of hydrogen-bond acceptors (Lipinski definition) is 3. The molecule has 0 spiro atoms. The molecule has 0 saturated heterocycles. The molecule has 2 aromatic heterocycles. The quantitative estimate of drug-likeness (QED) is 0.400. The largest absolute Gasteiger partial charge is 0.455 e. The fourth-order valence-corrected chi connectivity index (χ4v) is 4.01. The van der Waals surface area contributed by atoms with Crippen LogP contribution in [0.1, 0.15) is 5.56 Å². The van der Waals surface area contributed by atoms with E-state index >= 15 is 0 Å². The third kappa shape index (κ3) is 2.92. The van der Waals surface area contributed by atoms with Crippen molar-refractivity contribution in [3.05, 3.63) is 60.3 Å². The van der Waals surface area contributed by atoms with Crippen LogP contribution >= 0.6 is 0 Å². The lowest BCUT2D eigenvalue weighted by molar-refractivity contribution is 0.671. The van der Waals surface area contributed by atoms with E-state index in [2.05, 4.69) is 11.1 Å². The second-order valence-electron chi connectivity index (χ2n) is 7.45. The Morgan fingerprint density at radius 1 is 0.719 bits per heavy atom. The first-order valence-corrected chi connectivity index (χ1v) is 9.74. The summed E-state index contributed by atoms with van der Waals surface area (Å²) in [5, 5.41) is 11.2. The molecule has 0 aliphatic rings. The van der Waals surface area contributed by atoms with E-state index in [9.17, 15) is 5.26 Å². The number of hydrogen-bond donors (Lipinski definition) is 0. The number of furan rings is 1. The molecule has 5 rings (SSSR count). The summed E-state index contributed by atoms with van der Waals surface area (Å²) in [5.74, 6) is 0. The SMILES string of the molecule is [B]c1c([B])c([B])c(-c2cc(C#N)cc3c2oc2c(-c4ccccn4)cccc23)c([B])c1[B].